The lowest BCUT2D eigenvalue weighted by molar-refractivity contribution is 0.0952. The third-order valence-electron chi connectivity index (χ3n) is 1.81. The fourth-order valence-corrected chi connectivity index (χ4v) is 1.16. The van der Waals surface area contributed by atoms with Crippen LogP contribution in [0.15, 0.2) is 24.3 Å². The highest BCUT2D eigenvalue weighted by Gasteiger charge is 2.08. The molecule has 0 heterocycles. The molecule has 0 aliphatic rings. The van der Waals surface area contributed by atoms with Crippen LogP contribution in [0.1, 0.15) is 16.8 Å². The van der Waals surface area contributed by atoms with Crippen molar-refractivity contribution in [3.05, 3.63) is 29.8 Å². The summed E-state index contributed by atoms with van der Waals surface area (Å²) in [7, 11) is 0. The number of para-hydroxylation sites is 1. The number of rotatable bonds is 4. The average molecular weight is 224 g/mol. The molecule has 0 aromatic heterocycles. The molecular formula is C10H12N2O2S. The molecule has 0 aliphatic carbocycles. The molecule has 4 N–H and O–H groups in total. The predicted octanol–water partition coefficient (Wildman–Crippen LogP) is 0.798. The number of hydrogen-bond donors (Lipinski definition) is 3. The minimum absolute atomic E-state index is 0.0367. The lowest BCUT2D eigenvalue weighted by Gasteiger charge is -2.05. The standard InChI is InChI=1S/C10H12N2O2S/c11-9(15)5-6-12-10(14)7-3-1-2-4-8(7)13/h1-4,13H,5-6H2,(H2,11,15)(H,12,14). The quantitative estimate of drug-likeness (QED) is 0.661. The maximum Gasteiger partial charge on any atom is 0.255 e. The molecule has 0 atom stereocenters. The number of carbonyl (C=O) groups is 1. The first-order valence-electron chi connectivity index (χ1n) is 4.45. The minimum Gasteiger partial charge on any atom is -0.507 e. The highest BCUT2D eigenvalue weighted by atomic mass is 32.1. The van der Waals surface area contributed by atoms with Gasteiger partial charge in [0.1, 0.15) is 5.75 Å². The number of hydrogen-bond acceptors (Lipinski definition) is 3. The van der Waals surface area contributed by atoms with Crippen LogP contribution in [-0.2, 0) is 0 Å². The Morgan fingerprint density at radius 3 is 2.73 bits per heavy atom. The summed E-state index contributed by atoms with van der Waals surface area (Å²) in [5.41, 5.74) is 5.53. The Kier molecular flexibility index (Phi) is 4.05. The molecule has 0 aliphatic heterocycles. The summed E-state index contributed by atoms with van der Waals surface area (Å²) >= 11 is 4.67. The first-order valence-corrected chi connectivity index (χ1v) is 4.86. The van der Waals surface area contributed by atoms with Gasteiger partial charge < -0.3 is 16.2 Å². The van der Waals surface area contributed by atoms with Crippen LogP contribution in [-0.4, -0.2) is 22.5 Å². The fourth-order valence-electron chi connectivity index (χ4n) is 1.06. The highest BCUT2D eigenvalue weighted by Crippen LogP contribution is 2.14. The molecule has 4 nitrogen and oxygen atoms in total. The molecule has 1 amide bonds. The molecule has 0 bridgehead atoms. The van der Waals surface area contributed by atoms with Crippen molar-refractivity contribution in [2.45, 2.75) is 6.42 Å². The van der Waals surface area contributed by atoms with E-state index < -0.39 is 0 Å². The van der Waals surface area contributed by atoms with E-state index in [1.54, 1.807) is 18.2 Å². The zero-order chi connectivity index (χ0) is 11.3. The van der Waals surface area contributed by atoms with Gasteiger partial charge in [-0.2, -0.15) is 0 Å². The van der Waals surface area contributed by atoms with Crippen LogP contribution in [0.4, 0.5) is 0 Å². The molecule has 0 saturated carbocycles. The van der Waals surface area contributed by atoms with Crippen molar-refractivity contribution in [2.75, 3.05) is 6.54 Å². The van der Waals surface area contributed by atoms with Gasteiger partial charge in [-0.15, -0.1) is 0 Å². The number of nitrogens with one attached hydrogen (secondary N) is 1. The summed E-state index contributed by atoms with van der Waals surface area (Å²) in [5, 5.41) is 12.0. The largest absolute Gasteiger partial charge is 0.507 e. The molecule has 0 unspecified atom stereocenters. The molecule has 5 heteroatoms. The molecule has 0 saturated heterocycles. The fraction of sp³-hybridized carbons (Fsp3) is 0.200. The van der Waals surface area contributed by atoms with Gasteiger partial charge in [-0.3, -0.25) is 4.79 Å². The van der Waals surface area contributed by atoms with E-state index in [0.29, 0.717) is 18.0 Å². The molecule has 0 spiro atoms. The van der Waals surface area contributed by atoms with E-state index in [1.807, 2.05) is 0 Å². The second kappa shape index (κ2) is 5.31. The van der Waals surface area contributed by atoms with Crippen LogP contribution in [0.3, 0.4) is 0 Å². The van der Waals surface area contributed by atoms with Crippen LogP contribution >= 0.6 is 12.2 Å². The van der Waals surface area contributed by atoms with Gasteiger partial charge >= 0.3 is 0 Å². The predicted molar refractivity (Wildman–Crippen MR) is 61.8 cm³/mol. The van der Waals surface area contributed by atoms with Gasteiger partial charge in [0, 0.05) is 13.0 Å². The van der Waals surface area contributed by atoms with Crippen LogP contribution in [0.5, 0.6) is 5.75 Å². The van der Waals surface area contributed by atoms with Crippen molar-refractivity contribution < 1.29 is 9.90 Å². The van der Waals surface area contributed by atoms with Crippen LogP contribution in [0, 0.1) is 0 Å². The number of amides is 1. The minimum atomic E-state index is -0.329. The maximum absolute atomic E-state index is 11.5. The Balaban J connectivity index is 2.54. The van der Waals surface area contributed by atoms with Gasteiger partial charge in [0.05, 0.1) is 10.6 Å². The van der Waals surface area contributed by atoms with Crippen molar-refractivity contribution in [3.63, 3.8) is 0 Å². The molecule has 1 aromatic rings. The smallest absolute Gasteiger partial charge is 0.255 e. The average Bonchev–Trinajstić information content (AvgIpc) is 2.17. The summed E-state index contributed by atoms with van der Waals surface area (Å²) in [5.74, 6) is -0.366. The SMILES string of the molecule is NC(=S)CCNC(=O)c1ccccc1O. The molecule has 80 valence electrons. The van der Waals surface area contributed by atoms with E-state index >= 15 is 0 Å². The van der Waals surface area contributed by atoms with Crippen molar-refractivity contribution in [3.8, 4) is 5.75 Å². The number of benzene rings is 1. The molecule has 0 fully saturated rings. The second-order valence-electron chi connectivity index (χ2n) is 2.99. The second-order valence-corrected chi connectivity index (χ2v) is 3.51. The Labute approximate surface area is 93.1 Å². The van der Waals surface area contributed by atoms with E-state index in [1.165, 1.54) is 6.07 Å². The zero-order valence-electron chi connectivity index (χ0n) is 8.06. The molecular weight excluding hydrogens is 212 g/mol. The van der Waals surface area contributed by atoms with Gasteiger partial charge in [0.2, 0.25) is 0 Å². The Morgan fingerprint density at radius 1 is 1.47 bits per heavy atom. The monoisotopic (exact) mass is 224 g/mol. The number of thiocarbonyl (C=S) groups is 1. The van der Waals surface area contributed by atoms with Crippen LogP contribution in [0.2, 0.25) is 0 Å². The van der Waals surface area contributed by atoms with Crippen molar-refractivity contribution >= 4 is 23.1 Å². The van der Waals surface area contributed by atoms with E-state index in [-0.39, 0.29) is 17.2 Å². The number of phenolic OH excluding ortho intramolecular Hbond substituents is 1. The van der Waals surface area contributed by atoms with Crippen molar-refractivity contribution in [1.82, 2.24) is 5.32 Å². The van der Waals surface area contributed by atoms with Gasteiger partial charge in [-0.25, -0.2) is 0 Å². The number of aromatic hydroxyl groups is 1. The summed E-state index contributed by atoms with van der Waals surface area (Å²) in [6, 6.07) is 6.34. The van der Waals surface area contributed by atoms with E-state index in [0.717, 1.165) is 0 Å². The van der Waals surface area contributed by atoms with Crippen molar-refractivity contribution in [2.24, 2.45) is 5.73 Å². The normalized spacial score (nSPS) is 9.60. The lowest BCUT2D eigenvalue weighted by atomic mass is 10.2. The third kappa shape index (κ3) is 3.55. The third-order valence-corrected chi connectivity index (χ3v) is 2.01. The number of nitrogens with two attached hydrogens (primary N) is 1. The first kappa shape index (κ1) is 11.5. The van der Waals surface area contributed by atoms with E-state index in [4.69, 9.17) is 5.73 Å². The van der Waals surface area contributed by atoms with E-state index in [9.17, 15) is 9.90 Å². The topological polar surface area (TPSA) is 75.3 Å². The number of carbonyl (C=O) groups excluding carboxylic acids is 1. The molecule has 0 radical (unpaired) electrons. The van der Waals surface area contributed by atoms with Gasteiger partial charge in [0.25, 0.3) is 5.91 Å². The number of phenols is 1. The summed E-state index contributed by atoms with van der Waals surface area (Å²) in [6.45, 7) is 0.377. The summed E-state index contributed by atoms with van der Waals surface area (Å²) < 4.78 is 0. The summed E-state index contributed by atoms with van der Waals surface area (Å²) in [4.78, 5) is 11.8. The van der Waals surface area contributed by atoms with Gasteiger partial charge in [-0.1, -0.05) is 24.4 Å². The van der Waals surface area contributed by atoms with E-state index in [2.05, 4.69) is 17.5 Å². The van der Waals surface area contributed by atoms with Crippen molar-refractivity contribution in [1.29, 1.82) is 0 Å². The Morgan fingerprint density at radius 2 is 2.13 bits per heavy atom. The summed E-state index contributed by atoms with van der Waals surface area (Å²) in [6.07, 6.45) is 0.453. The zero-order valence-corrected chi connectivity index (χ0v) is 8.88. The Bertz CT molecular complexity index is 379. The van der Waals surface area contributed by atoms with Gasteiger partial charge in [-0.05, 0) is 12.1 Å². The maximum atomic E-state index is 11.5. The molecule has 15 heavy (non-hydrogen) atoms. The van der Waals surface area contributed by atoms with Gasteiger partial charge in [0.15, 0.2) is 0 Å². The lowest BCUT2D eigenvalue weighted by Crippen LogP contribution is -2.27. The highest BCUT2D eigenvalue weighted by molar-refractivity contribution is 7.80. The molecule has 1 aromatic carbocycles. The first-order chi connectivity index (χ1) is 7.11. The van der Waals surface area contributed by atoms with Crippen LogP contribution < -0.4 is 11.1 Å². The Hall–Kier alpha value is -1.62. The van der Waals surface area contributed by atoms with Crippen LogP contribution in [0.25, 0.3) is 0 Å². The molecule has 1 rings (SSSR count).